The van der Waals surface area contributed by atoms with E-state index < -0.39 is 8.07 Å². The number of benzene rings is 1. The largest absolute Gasteiger partial charge is 0.462 e. The molecule has 0 saturated heterocycles. The van der Waals surface area contributed by atoms with Crippen molar-refractivity contribution in [2.75, 3.05) is 18.5 Å². The second-order valence-corrected chi connectivity index (χ2v) is 16.5. The molecule has 3 nitrogen and oxygen atoms in total. The molecule has 1 atom stereocenters. The zero-order valence-corrected chi connectivity index (χ0v) is 25.5. The number of nitrogens with one attached hydrogen (secondary N) is 1. The van der Waals surface area contributed by atoms with Crippen molar-refractivity contribution in [3.63, 3.8) is 0 Å². The molecule has 0 spiro atoms. The molecule has 36 heavy (non-hydrogen) atoms. The summed E-state index contributed by atoms with van der Waals surface area (Å²) in [7, 11) is -0.921. The maximum Gasteiger partial charge on any atom is 0.338 e. The van der Waals surface area contributed by atoms with Crippen LogP contribution in [0.4, 0.5) is 5.69 Å². The summed E-state index contributed by atoms with van der Waals surface area (Å²) in [6.07, 6.45) is 22.6. The first kappa shape index (κ1) is 32.7. The van der Waals surface area contributed by atoms with Crippen LogP contribution in [0.25, 0.3) is 0 Å². The van der Waals surface area contributed by atoms with Crippen molar-refractivity contribution in [1.29, 1.82) is 0 Å². The van der Waals surface area contributed by atoms with Crippen LogP contribution >= 0.6 is 0 Å². The van der Waals surface area contributed by atoms with E-state index in [1.165, 1.54) is 109 Å². The van der Waals surface area contributed by atoms with Crippen LogP contribution < -0.4 is 5.32 Å². The molecule has 1 aromatic carbocycles. The first-order valence-electron chi connectivity index (χ1n) is 15.6. The molecule has 0 fully saturated rings. The Hall–Kier alpha value is -1.29. The lowest BCUT2D eigenvalue weighted by molar-refractivity contribution is 0.0526. The van der Waals surface area contributed by atoms with Gasteiger partial charge in [-0.15, -0.1) is 0 Å². The molecule has 1 rings (SSSR count). The van der Waals surface area contributed by atoms with Gasteiger partial charge in [-0.1, -0.05) is 135 Å². The van der Waals surface area contributed by atoms with Crippen molar-refractivity contribution < 1.29 is 9.53 Å². The van der Waals surface area contributed by atoms with E-state index in [2.05, 4.69) is 25.7 Å². The van der Waals surface area contributed by atoms with Gasteiger partial charge < -0.3 is 10.1 Å². The number of esters is 1. The highest BCUT2D eigenvalue weighted by Crippen LogP contribution is 2.27. The average molecular weight is 518 g/mol. The Kier molecular flexibility index (Phi) is 19.8. The molecule has 0 aromatic heterocycles. The second-order valence-electron chi connectivity index (χ2n) is 11.2. The molecule has 0 radical (unpaired) electrons. The molecule has 0 bridgehead atoms. The van der Waals surface area contributed by atoms with E-state index in [9.17, 15) is 4.79 Å². The fraction of sp³-hybridized carbons (Fsp3) is 0.781. The van der Waals surface area contributed by atoms with E-state index in [-0.39, 0.29) is 5.97 Å². The summed E-state index contributed by atoms with van der Waals surface area (Å²) in [6.45, 7) is 10.7. The van der Waals surface area contributed by atoms with E-state index in [0.29, 0.717) is 12.2 Å². The number of carbonyl (C=O) groups excluding carboxylic acids is 1. The summed E-state index contributed by atoms with van der Waals surface area (Å²) in [5.41, 5.74) is 1.69. The number of carbonyl (C=O) groups is 1. The number of hydrogen-bond acceptors (Lipinski definition) is 3. The lowest BCUT2D eigenvalue weighted by atomic mass is 10.1. The van der Waals surface area contributed by atoms with Crippen molar-refractivity contribution in [1.82, 2.24) is 0 Å². The van der Waals surface area contributed by atoms with Gasteiger partial charge in [-0.05, 0) is 37.6 Å². The average Bonchev–Trinajstić information content (AvgIpc) is 2.89. The van der Waals surface area contributed by atoms with Crippen molar-refractivity contribution >= 4 is 19.7 Å². The number of unbranched alkanes of at least 4 members (excludes halogenated alkanes) is 14. The van der Waals surface area contributed by atoms with Gasteiger partial charge in [0.15, 0.2) is 0 Å². The third-order valence-electron chi connectivity index (χ3n) is 7.92. The maximum absolute atomic E-state index is 11.7. The van der Waals surface area contributed by atoms with Gasteiger partial charge in [0.05, 0.1) is 20.2 Å². The van der Waals surface area contributed by atoms with Crippen LogP contribution in [0.15, 0.2) is 24.3 Å². The predicted molar refractivity (Wildman–Crippen MR) is 162 cm³/mol. The summed E-state index contributed by atoms with van der Waals surface area (Å²) in [5, 5.41) is 3.46. The van der Waals surface area contributed by atoms with Crippen molar-refractivity contribution in [3.05, 3.63) is 29.8 Å². The van der Waals surface area contributed by atoms with Crippen LogP contribution in [-0.2, 0) is 4.74 Å². The third kappa shape index (κ3) is 16.5. The monoisotopic (exact) mass is 517 g/mol. The van der Waals surface area contributed by atoms with Crippen LogP contribution in [0.1, 0.15) is 134 Å². The zero-order valence-electron chi connectivity index (χ0n) is 24.5. The topological polar surface area (TPSA) is 38.3 Å². The normalized spacial score (nSPS) is 12.9. The highest BCUT2D eigenvalue weighted by Gasteiger charge is 2.23. The molecule has 1 unspecified atom stereocenters. The summed E-state index contributed by atoms with van der Waals surface area (Å²) in [5.74, 6) is -0.247. The van der Waals surface area contributed by atoms with Gasteiger partial charge in [-0.3, -0.25) is 0 Å². The standard InChI is InChI=1S/C32H59NO2Si/c1-5-8-9-21-28-36(4,7-3)29-22-19-17-15-13-11-10-12-14-16-18-20-27-33-31-25-23-30(24-26-31)32(34)35-6-2/h23-26,33H,5-22,27-29H2,1-4H3. The minimum Gasteiger partial charge on any atom is -0.462 e. The molecule has 208 valence electrons. The van der Waals surface area contributed by atoms with E-state index in [1.807, 2.05) is 31.2 Å². The Labute approximate surface area is 225 Å². The molecule has 0 aliphatic heterocycles. The van der Waals surface area contributed by atoms with Crippen LogP contribution in [0, 0.1) is 0 Å². The quantitative estimate of drug-likeness (QED) is 0.0841. The van der Waals surface area contributed by atoms with Crippen LogP contribution in [0.5, 0.6) is 0 Å². The first-order valence-corrected chi connectivity index (χ1v) is 18.7. The van der Waals surface area contributed by atoms with E-state index in [4.69, 9.17) is 4.74 Å². The number of hydrogen-bond donors (Lipinski definition) is 1. The van der Waals surface area contributed by atoms with E-state index in [1.54, 1.807) is 12.1 Å². The Morgan fingerprint density at radius 3 is 1.64 bits per heavy atom. The van der Waals surface area contributed by atoms with E-state index in [0.717, 1.165) is 12.2 Å². The Balaban J connectivity index is 1.89. The molecule has 1 N–H and O–H groups in total. The maximum atomic E-state index is 11.7. The van der Waals surface area contributed by atoms with Crippen LogP contribution in [0.3, 0.4) is 0 Å². The summed E-state index contributed by atoms with van der Waals surface area (Å²) >= 11 is 0. The lowest BCUT2D eigenvalue weighted by Gasteiger charge is -2.26. The van der Waals surface area contributed by atoms with Crippen LogP contribution in [-0.4, -0.2) is 27.2 Å². The summed E-state index contributed by atoms with van der Waals surface area (Å²) in [4.78, 5) is 11.7. The fourth-order valence-corrected chi connectivity index (χ4v) is 8.24. The van der Waals surface area contributed by atoms with Gasteiger partial charge in [0.1, 0.15) is 0 Å². The van der Waals surface area contributed by atoms with Crippen molar-refractivity contribution in [3.8, 4) is 0 Å². The molecule has 4 heteroatoms. The highest BCUT2D eigenvalue weighted by molar-refractivity contribution is 6.78. The van der Waals surface area contributed by atoms with Gasteiger partial charge in [-0.25, -0.2) is 4.79 Å². The Morgan fingerprint density at radius 1 is 0.694 bits per heavy atom. The van der Waals surface area contributed by atoms with Gasteiger partial charge in [0.25, 0.3) is 0 Å². The highest BCUT2D eigenvalue weighted by atomic mass is 28.3. The van der Waals surface area contributed by atoms with Crippen LogP contribution in [0.2, 0.25) is 24.7 Å². The molecule has 0 aliphatic carbocycles. The molecule has 0 saturated carbocycles. The number of rotatable bonds is 24. The third-order valence-corrected chi connectivity index (χ3v) is 12.7. The number of ether oxygens (including phenoxy) is 1. The Bertz CT molecular complexity index is 648. The SMILES string of the molecule is CCCCCC[Si](C)(CC)CCCCCCCCCCCCCCNc1ccc(C(=O)OCC)cc1. The van der Waals surface area contributed by atoms with E-state index >= 15 is 0 Å². The Morgan fingerprint density at radius 2 is 1.17 bits per heavy atom. The number of anilines is 1. The summed E-state index contributed by atoms with van der Waals surface area (Å²) < 4.78 is 5.03. The molecule has 0 amide bonds. The van der Waals surface area contributed by atoms with Crippen molar-refractivity contribution in [2.24, 2.45) is 0 Å². The minimum atomic E-state index is -0.921. The molecule has 0 heterocycles. The molecular weight excluding hydrogens is 458 g/mol. The minimum absolute atomic E-state index is 0.247. The predicted octanol–water partition coefficient (Wildman–Crippen LogP) is 10.6. The zero-order chi connectivity index (χ0) is 26.3. The summed E-state index contributed by atoms with van der Waals surface area (Å²) in [6, 6.07) is 12.2. The smallest absolute Gasteiger partial charge is 0.338 e. The lowest BCUT2D eigenvalue weighted by Crippen LogP contribution is -2.28. The molecule has 0 aliphatic rings. The molecular formula is C32H59NO2Si. The molecule has 1 aromatic rings. The fourth-order valence-electron chi connectivity index (χ4n) is 5.07. The van der Waals surface area contributed by atoms with Gasteiger partial charge >= 0.3 is 5.97 Å². The first-order chi connectivity index (χ1) is 17.5. The van der Waals surface area contributed by atoms with Crippen molar-refractivity contribution in [2.45, 2.75) is 148 Å². The van der Waals surface area contributed by atoms with Gasteiger partial charge in [0, 0.05) is 12.2 Å². The second kappa shape index (κ2) is 21.8. The van der Waals surface area contributed by atoms with Gasteiger partial charge in [-0.2, -0.15) is 0 Å². The van der Waals surface area contributed by atoms with Gasteiger partial charge in [0.2, 0.25) is 0 Å².